The number of hydrogen-bond acceptors (Lipinski definition) is 6. The summed E-state index contributed by atoms with van der Waals surface area (Å²) in [5.41, 5.74) is 4.13. The lowest BCUT2D eigenvalue weighted by molar-refractivity contribution is -0.141. The summed E-state index contributed by atoms with van der Waals surface area (Å²) in [6.07, 6.45) is -0.520. The molecular weight excluding hydrogens is 590 g/mol. The van der Waals surface area contributed by atoms with Crippen molar-refractivity contribution in [3.8, 4) is 5.75 Å². The number of anilines is 1. The molecule has 1 atom stereocenters. The zero-order valence-electron chi connectivity index (χ0n) is 26.1. The Hall–Kier alpha value is -3.15. The Morgan fingerprint density at radius 2 is 1.71 bits per heavy atom. The molecule has 2 fully saturated rings. The van der Waals surface area contributed by atoms with E-state index in [1.165, 1.54) is 7.11 Å². The first-order valence-corrected chi connectivity index (χ1v) is 15.8. The first kappa shape index (κ1) is 31.8. The van der Waals surface area contributed by atoms with E-state index in [1.54, 1.807) is 25.0 Å². The second kappa shape index (κ2) is 13.3. The highest BCUT2D eigenvalue weighted by atomic mass is 19.4. The first-order chi connectivity index (χ1) is 21.7. The average molecular weight is 632 g/mol. The van der Waals surface area contributed by atoms with Crippen LogP contribution in [0, 0.1) is 11.9 Å². The minimum absolute atomic E-state index is 0.241. The molecule has 0 N–H and O–H groups in total. The fourth-order valence-electron chi connectivity index (χ4n) is 7.43. The topological polar surface area (TPSA) is 58.0 Å². The fraction of sp³-hybridized carbons (Fsp3) is 0.559. The molecule has 2 aromatic carbocycles. The molecule has 3 aliphatic rings. The van der Waals surface area contributed by atoms with Crippen LogP contribution in [0.25, 0.3) is 16.5 Å². The van der Waals surface area contributed by atoms with Gasteiger partial charge in [0.05, 0.1) is 24.4 Å². The molecule has 45 heavy (non-hydrogen) atoms. The number of aromatic nitrogens is 2. The van der Waals surface area contributed by atoms with Crippen LogP contribution in [0.4, 0.5) is 23.2 Å². The van der Waals surface area contributed by atoms with Gasteiger partial charge < -0.3 is 23.8 Å². The van der Waals surface area contributed by atoms with Crippen LogP contribution in [0.5, 0.6) is 5.75 Å². The molecule has 244 valence electrons. The van der Waals surface area contributed by atoms with Crippen LogP contribution in [0.1, 0.15) is 74.3 Å². The highest BCUT2D eigenvalue weighted by Crippen LogP contribution is 2.46. The number of methoxy groups -OCH3 is 3. The maximum atomic E-state index is 15.7. The number of rotatable bonds is 8. The van der Waals surface area contributed by atoms with Gasteiger partial charge >= 0.3 is 6.18 Å². The molecule has 6 rings (SSSR count). The van der Waals surface area contributed by atoms with Gasteiger partial charge in [0.15, 0.2) is 12.5 Å². The van der Waals surface area contributed by atoms with Crippen LogP contribution < -0.4 is 9.64 Å². The third-order valence-electron chi connectivity index (χ3n) is 9.52. The Kier molecular flexibility index (Phi) is 9.40. The minimum atomic E-state index is -4.40. The predicted octanol–water partition coefficient (Wildman–Crippen LogP) is 7.81. The second-order valence-electron chi connectivity index (χ2n) is 12.2. The molecular formula is C34H41F4N3O4. The van der Waals surface area contributed by atoms with Crippen LogP contribution in [0.3, 0.4) is 0 Å². The SMILES string of the molecule is COc1cc(N2CCC(C(OC)OC)CC2)ccc1C1=C(CC(F)(F)F)CCCc2c1ccc1c2c(F)nn1C1CCCCO1. The lowest BCUT2D eigenvalue weighted by atomic mass is 9.87. The van der Waals surface area contributed by atoms with Crippen LogP contribution in [-0.4, -0.2) is 63.3 Å². The van der Waals surface area contributed by atoms with Gasteiger partial charge in [-0.15, -0.1) is 5.10 Å². The van der Waals surface area contributed by atoms with Gasteiger partial charge in [0.1, 0.15) is 5.75 Å². The number of fused-ring (bicyclic) bond motifs is 3. The number of allylic oxidation sites excluding steroid dienone is 1. The molecule has 3 aromatic rings. The maximum absolute atomic E-state index is 15.7. The maximum Gasteiger partial charge on any atom is 0.392 e. The van der Waals surface area contributed by atoms with Gasteiger partial charge in [-0.05, 0) is 86.3 Å². The molecule has 7 nitrogen and oxygen atoms in total. The lowest BCUT2D eigenvalue weighted by Gasteiger charge is -2.36. The van der Waals surface area contributed by atoms with Gasteiger partial charge in [-0.2, -0.15) is 17.6 Å². The summed E-state index contributed by atoms with van der Waals surface area (Å²) in [5.74, 6) is 0.140. The summed E-state index contributed by atoms with van der Waals surface area (Å²) in [5, 5.41) is 4.59. The van der Waals surface area contributed by atoms with Crippen LogP contribution in [0.2, 0.25) is 0 Å². The molecule has 11 heteroatoms. The average Bonchev–Trinajstić information content (AvgIpc) is 3.28. The molecule has 2 aliphatic heterocycles. The Balaban J connectivity index is 1.42. The van der Waals surface area contributed by atoms with Crippen molar-refractivity contribution in [2.75, 3.05) is 45.9 Å². The number of nitrogens with zero attached hydrogens (tertiary/aromatic N) is 3. The van der Waals surface area contributed by atoms with Crippen LogP contribution >= 0.6 is 0 Å². The smallest absolute Gasteiger partial charge is 0.392 e. The largest absolute Gasteiger partial charge is 0.496 e. The van der Waals surface area contributed by atoms with Crippen molar-refractivity contribution < 1.29 is 36.5 Å². The number of piperidine rings is 1. The van der Waals surface area contributed by atoms with Gasteiger partial charge in [-0.25, -0.2) is 4.68 Å². The van der Waals surface area contributed by atoms with E-state index in [1.807, 2.05) is 24.3 Å². The zero-order valence-corrected chi connectivity index (χ0v) is 26.1. The predicted molar refractivity (Wildman–Crippen MR) is 164 cm³/mol. The Morgan fingerprint density at radius 1 is 0.956 bits per heavy atom. The monoisotopic (exact) mass is 631 g/mol. The quantitative estimate of drug-likeness (QED) is 0.187. The fourth-order valence-corrected chi connectivity index (χ4v) is 7.43. The second-order valence-corrected chi connectivity index (χ2v) is 12.2. The minimum Gasteiger partial charge on any atom is -0.496 e. The Bertz CT molecular complexity index is 1530. The summed E-state index contributed by atoms with van der Waals surface area (Å²) in [4.78, 5) is 2.25. The van der Waals surface area contributed by atoms with E-state index in [0.29, 0.717) is 58.4 Å². The van der Waals surface area contributed by atoms with Gasteiger partial charge in [0, 0.05) is 57.2 Å². The highest BCUT2D eigenvalue weighted by molar-refractivity contribution is 5.95. The van der Waals surface area contributed by atoms with E-state index in [4.69, 9.17) is 18.9 Å². The number of aryl methyl sites for hydroxylation is 1. The van der Waals surface area contributed by atoms with E-state index < -0.39 is 18.5 Å². The first-order valence-electron chi connectivity index (χ1n) is 15.8. The van der Waals surface area contributed by atoms with Crippen LogP contribution in [-0.2, 0) is 20.6 Å². The van der Waals surface area contributed by atoms with Gasteiger partial charge in [0.2, 0.25) is 5.95 Å². The molecule has 0 radical (unpaired) electrons. The molecule has 0 saturated carbocycles. The van der Waals surface area contributed by atoms with Gasteiger partial charge in [-0.3, -0.25) is 0 Å². The third-order valence-corrected chi connectivity index (χ3v) is 9.52. The number of halogens is 4. The molecule has 3 heterocycles. The number of hydrogen-bond donors (Lipinski definition) is 0. The lowest BCUT2D eigenvalue weighted by Crippen LogP contribution is -2.39. The summed E-state index contributed by atoms with van der Waals surface area (Å²) in [6.45, 7) is 2.15. The standard InChI is InChI=1S/C34H41F4N3O4/c1-42-28-19-23(40-16-14-21(15-17-40)33(43-2)44-3)10-11-26(28)30-22(20-34(36,37)38)7-6-8-24-25(30)12-13-27-31(24)32(35)39-41(27)29-9-4-5-18-45-29/h10-13,19,21,29,33H,4-9,14-18,20H2,1-3H3. The van der Waals surface area contributed by atoms with Crippen molar-refractivity contribution in [3.05, 3.63) is 58.5 Å². The van der Waals surface area contributed by atoms with Crippen molar-refractivity contribution in [2.45, 2.75) is 76.5 Å². The summed E-state index contributed by atoms with van der Waals surface area (Å²) in [7, 11) is 4.83. The molecule has 1 unspecified atom stereocenters. The molecule has 0 amide bonds. The van der Waals surface area contributed by atoms with E-state index >= 15 is 4.39 Å². The number of ether oxygens (including phenoxy) is 4. The number of benzene rings is 2. The van der Waals surface area contributed by atoms with Crippen molar-refractivity contribution in [1.29, 1.82) is 0 Å². The highest BCUT2D eigenvalue weighted by Gasteiger charge is 2.34. The third kappa shape index (κ3) is 6.44. The molecule has 2 saturated heterocycles. The van der Waals surface area contributed by atoms with E-state index in [0.717, 1.165) is 50.9 Å². The summed E-state index contributed by atoms with van der Waals surface area (Å²) in [6, 6.07) is 9.31. The number of alkyl halides is 3. The zero-order chi connectivity index (χ0) is 31.7. The molecule has 1 aromatic heterocycles. The van der Waals surface area contributed by atoms with Crippen molar-refractivity contribution >= 4 is 22.2 Å². The van der Waals surface area contributed by atoms with Crippen LogP contribution in [0.15, 0.2) is 35.9 Å². The van der Waals surface area contributed by atoms with E-state index in [-0.39, 0.29) is 30.4 Å². The van der Waals surface area contributed by atoms with Crippen molar-refractivity contribution in [1.82, 2.24) is 9.78 Å². The Labute approximate surface area is 261 Å². The normalized spacial score (nSPS) is 20.2. The summed E-state index contributed by atoms with van der Waals surface area (Å²) >= 11 is 0. The summed E-state index contributed by atoms with van der Waals surface area (Å²) < 4.78 is 82.0. The molecule has 0 spiro atoms. The van der Waals surface area contributed by atoms with Crippen molar-refractivity contribution in [3.63, 3.8) is 0 Å². The van der Waals surface area contributed by atoms with Gasteiger partial charge in [-0.1, -0.05) is 11.6 Å². The van der Waals surface area contributed by atoms with E-state index in [9.17, 15) is 13.2 Å². The molecule has 0 bridgehead atoms. The van der Waals surface area contributed by atoms with Gasteiger partial charge in [0.25, 0.3) is 0 Å². The van der Waals surface area contributed by atoms with Crippen molar-refractivity contribution in [2.24, 2.45) is 5.92 Å². The molecule has 1 aliphatic carbocycles. The Morgan fingerprint density at radius 3 is 2.38 bits per heavy atom. The van der Waals surface area contributed by atoms with E-state index in [2.05, 4.69) is 10.00 Å².